The molecule has 124 valence electrons. The first kappa shape index (κ1) is 15.8. The minimum absolute atomic E-state index is 0.0493. The van der Waals surface area contributed by atoms with Crippen LogP contribution in [-0.2, 0) is 16.0 Å². The van der Waals surface area contributed by atoms with Crippen molar-refractivity contribution in [2.24, 2.45) is 5.92 Å². The summed E-state index contributed by atoms with van der Waals surface area (Å²) in [6.45, 7) is 2.70. The molecule has 2 heterocycles. The minimum Gasteiger partial charge on any atom is -0.448 e. The zero-order valence-corrected chi connectivity index (χ0v) is 13.4. The highest BCUT2D eigenvalue weighted by Gasteiger charge is 2.29. The smallest absolute Gasteiger partial charge is 0.410 e. The highest BCUT2D eigenvalue weighted by atomic mass is 16.6. The van der Waals surface area contributed by atoms with E-state index in [0.29, 0.717) is 19.1 Å². The van der Waals surface area contributed by atoms with Crippen molar-refractivity contribution in [3.63, 3.8) is 0 Å². The number of ether oxygens (including phenoxy) is 1. The van der Waals surface area contributed by atoms with Crippen molar-refractivity contribution >= 4 is 12.0 Å². The number of aryl methyl sites for hydroxylation is 1. The first-order valence-corrected chi connectivity index (χ1v) is 8.46. The van der Waals surface area contributed by atoms with E-state index in [1.807, 2.05) is 11.0 Å². The Labute approximate surface area is 137 Å². The Morgan fingerprint density at radius 3 is 2.78 bits per heavy atom. The number of hydrogen-bond acceptors (Lipinski definition) is 3. The van der Waals surface area contributed by atoms with Gasteiger partial charge in [0.05, 0.1) is 6.54 Å². The van der Waals surface area contributed by atoms with E-state index < -0.39 is 0 Å². The first-order valence-electron chi connectivity index (χ1n) is 8.46. The highest BCUT2D eigenvalue weighted by Crippen LogP contribution is 2.22. The van der Waals surface area contributed by atoms with Gasteiger partial charge in [-0.2, -0.15) is 0 Å². The van der Waals surface area contributed by atoms with Crippen molar-refractivity contribution in [1.82, 2.24) is 9.80 Å². The lowest BCUT2D eigenvalue weighted by Crippen LogP contribution is -2.45. The van der Waals surface area contributed by atoms with Crippen LogP contribution >= 0.6 is 0 Å². The number of nitrogens with zero attached hydrogens (tertiary/aromatic N) is 2. The van der Waals surface area contributed by atoms with Crippen LogP contribution in [0.3, 0.4) is 0 Å². The van der Waals surface area contributed by atoms with E-state index >= 15 is 0 Å². The third kappa shape index (κ3) is 4.24. The molecule has 2 fully saturated rings. The molecule has 3 rings (SSSR count). The number of likely N-dealkylation sites (tertiary alicyclic amines) is 1. The molecule has 0 N–H and O–H groups in total. The Hall–Kier alpha value is -2.04. The van der Waals surface area contributed by atoms with Crippen molar-refractivity contribution in [2.45, 2.75) is 25.7 Å². The van der Waals surface area contributed by atoms with E-state index in [4.69, 9.17) is 4.74 Å². The molecule has 5 nitrogen and oxygen atoms in total. The van der Waals surface area contributed by atoms with Crippen LogP contribution in [0.15, 0.2) is 30.3 Å². The van der Waals surface area contributed by atoms with Gasteiger partial charge < -0.3 is 9.64 Å². The van der Waals surface area contributed by atoms with E-state index in [1.54, 1.807) is 0 Å². The summed E-state index contributed by atoms with van der Waals surface area (Å²) in [5.74, 6) is 0.603. The molecule has 2 aliphatic heterocycles. The van der Waals surface area contributed by atoms with Gasteiger partial charge in [0.25, 0.3) is 0 Å². The Bertz CT molecular complexity index is 546. The molecule has 2 saturated heterocycles. The third-order valence-electron chi connectivity index (χ3n) is 4.73. The molecule has 0 saturated carbocycles. The SMILES string of the molecule is O=C(CN1CCOC1=O)N1CCC[C@@H](CCc2ccccc2)C1. The lowest BCUT2D eigenvalue weighted by Gasteiger charge is -2.33. The fourth-order valence-corrected chi connectivity index (χ4v) is 3.38. The van der Waals surface area contributed by atoms with Crippen molar-refractivity contribution in [2.75, 3.05) is 32.8 Å². The second-order valence-electron chi connectivity index (χ2n) is 6.41. The molecule has 0 aliphatic carbocycles. The Balaban J connectivity index is 1.47. The molecule has 2 aliphatic rings. The lowest BCUT2D eigenvalue weighted by atomic mass is 9.91. The van der Waals surface area contributed by atoms with Crippen LogP contribution in [0.4, 0.5) is 4.79 Å². The molecule has 0 unspecified atom stereocenters. The zero-order chi connectivity index (χ0) is 16.1. The largest absolute Gasteiger partial charge is 0.448 e. The average Bonchev–Trinajstić information content (AvgIpc) is 2.99. The number of benzene rings is 1. The van der Waals surface area contributed by atoms with Crippen LogP contribution in [0.1, 0.15) is 24.8 Å². The molecule has 1 aromatic carbocycles. The molecule has 23 heavy (non-hydrogen) atoms. The van der Waals surface area contributed by atoms with Gasteiger partial charge >= 0.3 is 6.09 Å². The average molecular weight is 316 g/mol. The molecule has 1 aromatic rings. The molecule has 0 aromatic heterocycles. The molecule has 0 spiro atoms. The van der Waals surface area contributed by atoms with Gasteiger partial charge in [-0.15, -0.1) is 0 Å². The van der Waals surface area contributed by atoms with Crippen molar-refractivity contribution in [3.8, 4) is 0 Å². The van der Waals surface area contributed by atoms with Crippen LogP contribution in [-0.4, -0.2) is 54.6 Å². The van der Waals surface area contributed by atoms with Gasteiger partial charge in [0.2, 0.25) is 5.91 Å². The standard InChI is InChI=1S/C18H24N2O3/c21-17(14-20-11-12-23-18(20)22)19-10-4-7-16(13-19)9-8-15-5-2-1-3-6-15/h1-3,5-6,16H,4,7-14H2/t16-/m0/s1. The second-order valence-corrected chi connectivity index (χ2v) is 6.41. The van der Waals surface area contributed by atoms with Crippen molar-refractivity contribution < 1.29 is 14.3 Å². The van der Waals surface area contributed by atoms with E-state index in [0.717, 1.165) is 32.4 Å². The van der Waals surface area contributed by atoms with Gasteiger partial charge in [-0.1, -0.05) is 30.3 Å². The van der Waals surface area contributed by atoms with Gasteiger partial charge in [-0.05, 0) is 37.2 Å². The number of rotatable bonds is 5. The number of hydrogen-bond donors (Lipinski definition) is 0. The van der Waals surface area contributed by atoms with Crippen LogP contribution in [0.25, 0.3) is 0 Å². The van der Waals surface area contributed by atoms with E-state index in [9.17, 15) is 9.59 Å². The monoisotopic (exact) mass is 316 g/mol. The van der Waals surface area contributed by atoms with Gasteiger partial charge in [0, 0.05) is 13.1 Å². The normalized spacial score (nSPS) is 21.4. The first-order chi connectivity index (χ1) is 11.2. The summed E-state index contributed by atoms with van der Waals surface area (Å²) in [6, 6.07) is 10.5. The van der Waals surface area contributed by atoms with Gasteiger partial charge in [0.1, 0.15) is 13.2 Å². The lowest BCUT2D eigenvalue weighted by molar-refractivity contribution is -0.133. The fraction of sp³-hybridized carbons (Fsp3) is 0.556. The third-order valence-corrected chi connectivity index (χ3v) is 4.73. The number of carbonyl (C=O) groups is 2. The number of carbonyl (C=O) groups excluding carboxylic acids is 2. The number of piperidine rings is 1. The number of cyclic esters (lactones) is 1. The van der Waals surface area contributed by atoms with Crippen LogP contribution in [0, 0.1) is 5.92 Å². The summed E-state index contributed by atoms with van der Waals surface area (Å²) >= 11 is 0. The maximum Gasteiger partial charge on any atom is 0.410 e. The topological polar surface area (TPSA) is 49.9 Å². The minimum atomic E-state index is -0.365. The van der Waals surface area contributed by atoms with Crippen LogP contribution in [0.2, 0.25) is 0 Å². The Morgan fingerprint density at radius 2 is 2.04 bits per heavy atom. The maximum absolute atomic E-state index is 12.4. The van der Waals surface area contributed by atoms with Crippen molar-refractivity contribution in [1.29, 1.82) is 0 Å². The molecule has 5 heteroatoms. The van der Waals surface area contributed by atoms with Gasteiger partial charge in [-0.25, -0.2) is 4.79 Å². The van der Waals surface area contributed by atoms with Crippen molar-refractivity contribution in [3.05, 3.63) is 35.9 Å². The highest BCUT2D eigenvalue weighted by molar-refractivity contribution is 5.83. The molecule has 1 atom stereocenters. The second kappa shape index (κ2) is 7.49. The van der Waals surface area contributed by atoms with Gasteiger partial charge in [-0.3, -0.25) is 9.69 Å². The van der Waals surface area contributed by atoms with Crippen LogP contribution < -0.4 is 0 Å². The Kier molecular flexibility index (Phi) is 5.16. The molecular weight excluding hydrogens is 292 g/mol. The van der Waals surface area contributed by atoms with E-state index in [-0.39, 0.29) is 18.5 Å². The van der Waals surface area contributed by atoms with Crippen LogP contribution in [0.5, 0.6) is 0 Å². The summed E-state index contributed by atoms with van der Waals surface area (Å²) in [5.41, 5.74) is 1.36. The number of amides is 2. The van der Waals surface area contributed by atoms with E-state index in [2.05, 4.69) is 24.3 Å². The molecule has 2 amide bonds. The maximum atomic E-state index is 12.4. The summed E-state index contributed by atoms with van der Waals surface area (Å²) < 4.78 is 4.88. The summed E-state index contributed by atoms with van der Waals surface area (Å²) in [7, 11) is 0. The fourth-order valence-electron chi connectivity index (χ4n) is 3.38. The van der Waals surface area contributed by atoms with Gasteiger partial charge in [0.15, 0.2) is 0 Å². The Morgan fingerprint density at radius 1 is 1.22 bits per heavy atom. The quantitative estimate of drug-likeness (QED) is 0.837. The molecule has 0 bridgehead atoms. The predicted molar refractivity (Wildman–Crippen MR) is 87.0 cm³/mol. The summed E-state index contributed by atoms with van der Waals surface area (Å²) in [4.78, 5) is 27.3. The molecule has 0 radical (unpaired) electrons. The van der Waals surface area contributed by atoms with E-state index in [1.165, 1.54) is 16.9 Å². The predicted octanol–water partition coefficient (Wildman–Crippen LogP) is 2.31. The zero-order valence-electron chi connectivity index (χ0n) is 13.4. The summed E-state index contributed by atoms with van der Waals surface area (Å²) in [6.07, 6.45) is 4.04. The molecular formula is C18H24N2O3. The summed E-state index contributed by atoms with van der Waals surface area (Å²) in [5, 5.41) is 0.